The Morgan fingerprint density at radius 1 is 0.356 bits per heavy atom. The molecule has 0 saturated carbocycles. The molecule has 0 aromatic heterocycles. The third-order valence-electron chi connectivity index (χ3n) is 5.88. The Kier molecular flexibility index (Phi) is 60.9. The van der Waals surface area contributed by atoms with Crippen LogP contribution in [0.1, 0.15) is 175 Å². The summed E-state index contributed by atoms with van der Waals surface area (Å²) >= 11 is 0. The van der Waals surface area contributed by atoms with E-state index in [0.717, 1.165) is 67.0 Å². The van der Waals surface area contributed by atoms with E-state index >= 15 is 0 Å². The third kappa shape index (κ3) is 92.4. The van der Waals surface area contributed by atoms with Crippen molar-refractivity contribution in [2.24, 2.45) is 47.3 Å². The van der Waals surface area contributed by atoms with Crippen molar-refractivity contribution < 1.29 is 40.6 Å². The van der Waals surface area contributed by atoms with Crippen LogP contribution in [0.4, 0.5) is 0 Å². The Bertz CT molecular complexity index is 346. The minimum atomic E-state index is 0. The minimum Gasteiger partial charge on any atom is -0.382 e. The number of methoxy groups -OCH3 is 1. The van der Waals surface area contributed by atoms with Gasteiger partial charge in [0.1, 0.15) is 0 Å². The number of rotatable bonds is 21. The van der Waals surface area contributed by atoms with Gasteiger partial charge in [-0.25, -0.2) is 0 Å². The summed E-state index contributed by atoms with van der Waals surface area (Å²) < 4.78 is 9.86. The molecule has 3 heteroatoms. The zero-order chi connectivity index (χ0) is 35.3. The molecule has 0 aliphatic carbocycles. The van der Waals surface area contributed by atoms with Gasteiger partial charge in [-0.1, -0.05) is 165 Å². The fourth-order valence-electron chi connectivity index (χ4n) is 3.44. The number of ether oxygens (including phenoxy) is 2. The molecule has 0 bridgehead atoms. The van der Waals surface area contributed by atoms with Crippen molar-refractivity contribution >= 4 is 0 Å². The Hall–Kier alpha value is 0.972. The van der Waals surface area contributed by atoms with E-state index in [1.165, 1.54) is 51.4 Å². The van der Waals surface area contributed by atoms with Gasteiger partial charge in [0.25, 0.3) is 0 Å². The van der Waals surface area contributed by atoms with Crippen LogP contribution in [0, 0.1) is 104 Å². The first-order valence-corrected chi connectivity index (χ1v) is 18.8. The molecule has 0 N–H and O–H groups in total. The Morgan fingerprint density at radius 3 is 0.689 bits per heavy atom. The van der Waals surface area contributed by atoms with Gasteiger partial charge >= 0.3 is 31.1 Å². The van der Waals surface area contributed by atoms with Crippen LogP contribution >= 0.6 is 0 Å². The van der Waals surface area contributed by atoms with E-state index in [1.54, 1.807) is 7.11 Å². The van der Waals surface area contributed by atoms with Crippen LogP contribution in [0.3, 0.4) is 0 Å². The summed E-state index contributed by atoms with van der Waals surface area (Å²) in [5, 5.41) is 0. The molecule has 0 atom stereocenters. The minimum absolute atomic E-state index is 0. The maximum Gasteiger partial charge on any atom is 4.00 e. The monoisotopic (exact) mass is 865 g/mol. The molecule has 0 aliphatic rings. The molecule has 0 saturated heterocycles. The van der Waals surface area contributed by atoms with Crippen molar-refractivity contribution in [3.05, 3.63) is 25.7 Å². The van der Waals surface area contributed by atoms with Gasteiger partial charge in [-0.3, -0.25) is 0 Å². The van der Waals surface area contributed by atoms with E-state index in [-0.39, 0.29) is 31.1 Å². The van der Waals surface area contributed by atoms with Gasteiger partial charge in [0.2, 0.25) is 0 Å². The first-order chi connectivity index (χ1) is 20.4. The van der Waals surface area contributed by atoms with E-state index in [0.29, 0.717) is 6.61 Å². The first kappa shape index (κ1) is 58.2. The topological polar surface area (TPSA) is 18.5 Å². The second-order valence-electron chi connectivity index (χ2n) is 15.8. The summed E-state index contributed by atoms with van der Waals surface area (Å²) in [4.78, 5) is 0. The summed E-state index contributed by atoms with van der Waals surface area (Å²) in [5.41, 5.74) is 0. The molecule has 274 valence electrons. The molecule has 0 amide bonds. The second kappa shape index (κ2) is 47.1. The van der Waals surface area contributed by atoms with Gasteiger partial charge in [0.05, 0.1) is 13.2 Å². The third-order valence-corrected chi connectivity index (χ3v) is 5.88. The molecule has 2 nitrogen and oxygen atoms in total. The molecule has 0 radical (unpaired) electrons. The van der Waals surface area contributed by atoms with Gasteiger partial charge < -0.3 is 35.2 Å². The quantitative estimate of drug-likeness (QED) is 0.0845. The fourth-order valence-corrected chi connectivity index (χ4v) is 3.44. The van der Waals surface area contributed by atoms with Crippen molar-refractivity contribution in [1.82, 2.24) is 0 Å². The largest absolute Gasteiger partial charge is 4.00 e. The summed E-state index contributed by atoms with van der Waals surface area (Å²) in [6, 6.07) is 0. The molecular weight excluding hydrogens is 774 g/mol. The van der Waals surface area contributed by atoms with E-state index in [4.69, 9.17) is 9.47 Å². The summed E-state index contributed by atoms with van der Waals surface area (Å²) in [5.74, 6) is 6.69. The van der Waals surface area contributed by atoms with Crippen molar-refractivity contribution in [3.8, 4) is 0 Å². The van der Waals surface area contributed by atoms with Crippen LogP contribution in [-0.4, -0.2) is 26.9 Å². The Balaban J connectivity index is -0.000000105. The van der Waals surface area contributed by atoms with Crippen LogP contribution in [0.5, 0.6) is 0 Å². The van der Waals surface area contributed by atoms with Crippen LogP contribution < -0.4 is 0 Å². The predicted molar refractivity (Wildman–Crippen MR) is 206 cm³/mol. The van der Waals surface area contributed by atoms with Crippen LogP contribution in [0.25, 0.3) is 0 Å². The Morgan fingerprint density at radius 2 is 0.556 bits per heavy atom. The smallest absolute Gasteiger partial charge is 0.382 e. The molecule has 0 heterocycles. The number of hydrogen-bond acceptors (Lipinski definition) is 2. The molecule has 45 heavy (non-hydrogen) atoms. The normalized spacial score (nSPS) is 10.8. The molecule has 0 rings (SSSR count). The second-order valence-corrected chi connectivity index (χ2v) is 15.8. The average molecular weight is 865 g/mol. The van der Waals surface area contributed by atoms with Gasteiger partial charge in [-0.15, -0.1) is 0 Å². The fraction of sp³-hybridized carbons (Fsp3) is 0.905. The molecule has 0 unspecified atom stereocenters. The maximum absolute atomic E-state index is 5.10. The van der Waals surface area contributed by atoms with E-state index in [2.05, 4.69) is 143 Å². The average Bonchev–Trinajstić information content (AvgIpc) is 2.86. The zero-order valence-corrected chi connectivity index (χ0v) is 38.9. The van der Waals surface area contributed by atoms with Crippen molar-refractivity contribution in [1.29, 1.82) is 0 Å². The van der Waals surface area contributed by atoms with Gasteiger partial charge in [0.15, 0.2) is 0 Å². The first-order valence-electron chi connectivity index (χ1n) is 18.8. The van der Waals surface area contributed by atoms with Gasteiger partial charge in [0, 0.05) is 13.7 Å². The summed E-state index contributed by atoms with van der Waals surface area (Å²) in [6.07, 6.45) is 20.9. The van der Waals surface area contributed by atoms with Gasteiger partial charge in [-0.2, -0.15) is 51.4 Å². The molecular formula is C42H90O2U. The van der Waals surface area contributed by atoms with Crippen LogP contribution in [0.15, 0.2) is 0 Å². The Labute approximate surface area is 314 Å². The number of hydrogen-bond donors (Lipinski definition) is 0. The van der Waals surface area contributed by atoms with Gasteiger partial charge in [-0.05, 0) is 6.42 Å². The van der Waals surface area contributed by atoms with Crippen molar-refractivity contribution in [2.75, 3.05) is 26.9 Å². The maximum atomic E-state index is 5.10. The van der Waals surface area contributed by atoms with Crippen LogP contribution in [-0.2, 0) is 9.47 Å². The van der Waals surface area contributed by atoms with E-state index in [9.17, 15) is 0 Å². The van der Waals surface area contributed by atoms with Crippen LogP contribution in [0.2, 0.25) is 0 Å². The molecule has 0 spiro atoms. The predicted octanol–water partition coefficient (Wildman–Crippen LogP) is 14.2. The zero-order valence-electron chi connectivity index (χ0n) is 34.7. The molecule has 0 fully saturated rings. The summed E-state index contributed by atoms with van der Waals surface area (Å²) in [6.45, 7) is 40.5. The molecule has 0 aromatic carbocycles. The SMILES string of the molecule is CC(C)C[CH-]CC(C)C.CC(C)C[CH-]CC(C)C.CC(C)C[CH-]CC(C)C.CC(C)C[CH-]CC(C)C.CCCOCCOC.[U+4]. The summed E-state index contributed by atoms with van der Waals surface area (Å²) in [7, 11) is 1.68. The van der Waals surface area contributed by atoms with Crippen molar-refractivity contribution in [2.45, 2.75) is 175 Å². The van der Waals surface area contributed by atoms with E-state index in [1.807, 2.05) is 0 Å². The van der Waals surface area contributed by atoms with E-state index < -0.39 is 0 Å². The standard InChI is InChI=1S/4C9H19.C6H14O2.U/c4*1-8(2)6-5-7-9(3)4;1-3-4-8-6-5-7-2;/h4*5,8-9H,6-7H2,1-4H3;3-6H2,1-2H3;/q4*-1;;+4. The molecule has 0 aromatic rings. The van der Waals surface area contributed by atoms with Crippen molar-refractivity contribution in [3.63, 3.8) is 0 Å². The molecule has 0 aliphatic heterocycles.